The fourth-order valence-electron chi connectivity index (χ4n) is 3.09. The van der Waals surface area contributed by atoms with Gasteiger partial charge in [-0.05, 0) is 17.7 Å². The molecular formula is C19H19NO10. The number of rotatable bonds is 6. The molecule has 0 radical (unpaired) electrons. The van der Waals surface area contributed by atoms with Gasteiger partial charge in [0.1, 0.15) is 30.2 Å². The Hall–Kier alpha value is -3.09. The van der Waals surface area contributed by atoms with Crippen molar-refractivity contribution < 1.29 is 44.7 Å². The van der Waals surface area contributed by atoms with Crippen LogP contribution in [0.5, 0.6) is 5.75 Å². The van der Waals surface area contributed by atoms with E-state index in [4.69, 9.17) is 9.47 Å². The number of ether oxygens (including phenoxy) is 2. The van der Waals surface area contributed by atoms with Crippen molar-refractivity contribution in [1.29, 1.82) is 0 Å². The number of carboxylic acids is 1. The van der Waals surface area contributed by atoms with E-state index >= 15 is 0 Å². The molecule has 11 nitrogen and oxygen atoms in total. The van der Waals surface area contributed by atoms with Crippen molar-refractivity contribution in [2.24, 2.45) is 0 Å². The van der Waals surface area contributed by atoms with E-state index in [0.717, 1.165) is 6.07 Å². The molecule has 5 atom stereocenters. The van der Waals surface area contributed by atoms with Gasteiger partial charge in [0.25, 0.3) is 5.69 Å². The van der Waals surface area contributed by atoms with Crippen molar-refractivity contribution in [3.8, 4) is 16.9 Å². The number of hydrogen-bond acceptors (Lipinski definition) is 9. The Labute approximate surface area is 169 Å². The highest BCUT2D eigenvalue weighted by Gasteiger charge is 2.44. The number of para-hydroxylation sites is 1. The molecule has 2 aromatic rings. The fraction of sp³-hybridized carbons (Fsp3) is 0.316. The van der Waals surface area contributed by atoms with Gasteiger partial charge in [-0.15, -0.1) is 0 Å². The maximum atomic E-state index is 11.4. The number of hydrogen-bond donors (Lipinski definition) is 5. The highest BCUT2D eigenvalue weighted by Crippen LogP contribution is 2.35. The van der Waals surface area contributed by atoms with Crippen molar-refractivity contribution in [3.05, 3.63) is 58.1 Å². The molecule has 1 aliphatic rings. The molecule has 1 aliphatic heterocycles. The molecule has 11 heteroatoms. The average Bonchev–Trinajstić information content (AvgIpc) is 2.74. The Morgan fingerprint density at radius 3 is 2.43 bits per heavy atom. The van der Waals surface area contributed by atoms with Crippen LogP contribution >= 0.6 is 0 Å². The van der Waals surface area contributed by atoms with E-state index in [-0.39, 0.29) is 22.4 Å². The van der Waals surface area contributed by atoms with Crippen LogP contribution in [0.2, 0.25) is 0 Å². The number of benzene rings is 2. The number of aliphatic hydroxyl groups is 4. The minimum atomic E-state index is -1.66. The number of carbonyl (C=O) groups is 1. The maximum Gasteiger partial charge on any atom is 0.335 e. The first-order chi connectivity index (χ1) is 14.2. The summed E-state index contributed by atoms with van der Waals surface area (Å²) in [7, 11) is 0. The normalized spacial score (nSPS) is 26.2. The summed E-state index contributed by atoms with van der Waals surface area (Å²) in [6, 6.07) is 9.45. The van der Waals surface area contributed by atoms with Gasteiger partial charge in [-0.25, -0.2) is 4.79 Å². The standard InChI is InChI=1S/C19H19NO10/c21-8-14-15(22)16(23)17(24)19(30-14)29-13-4-2-1-3-12(13)9-5-10(18(25)26)7-11(6-9)20(27)28/h1-7,14-17,19,21-24H,8H2,(H,25,26)/t14?,15-,16-,17?,19+/m0/s1. The third kappa shape index (κ3) is 4.25. The van der Waals surface area contributed by atoms with Crippen LogP contribution in [-0.4, -0.2) is 73.7 Å². The minimum Gasteiger partial charge on any atom is -0.478 e. The first-order valence-electron chi connectivity index (χ1n) is 8.82. The van der Waals surface area contributed by atoms with Gasteiger partial charge in [0.2, 0.25) is 6.29 Å². The molecule has 160 valence electrons. The predicted octanol–water partition coefficient (Wildman–Crippen LogP) is 0.139. The summed E-state index contributed by atoms with van der Waals surface area (Å²) in [6.07, 6.45) is -7.52. The predicted molar refractivity (Wildman–Crippen MR) is 99.9 cm³/mol. The highest BCUT2D eigenvalue weighted by molar-refractivity contribution is 5.91. The van der Waals surface area contributed by atoms with Gasteiger partial charge in [-0.1, -0.05) is 18.2 Å². The van der Waals surface area contributed by atoms with Gasteiger partial charge in [-0.2, -0.15) is 0 Å². The second-order valence-corrected chi connectivity index (χ2v) is 6.64. The number of nitro benzene ring substituents is 1. The van der Waals surface area contributed by atoms with Crippen LogP contribution in [0, 0.1) is 10.1 Å². The lowest BCUT2D eigenvalue weighted by atomic mass is 9.99. The Bertz CT molecular complexity index is 914. The molecule has 0 spiro atoms. The van der Waals surface area contributed by atoms with E-state index in [1.807, 2.05) is 0 Å². The zero-order chi connectivity index (χ0) is 22.0. The second-order valence-electron chi connectivity index (χ2n) is 6.64. The number of carboxylic acid groups (broad SMARTS) is 1. The van der Waals surface area contributed by atoms with Crippen molar-refractivity contribution >= 4 is 11.7 Å². The number of nitro groups is 1. The number of aliphatic hydroxyl groups excluding tert-OH is 4. The highest BCUT2D eigenvalue weighted by atomic mass is 16.7. The first kappa shape index (κ1) is 21.6. The van der Waals surface area contributed by atoms with E-state index in [9.17, 15) is 40.4 Å². The number of nitrogens with zero attached hydrogens (tertiary/aromatic N) is 1. The Morgan fingerprint density at radius 1 is 1.10 bits per heavy atom. The average molecular weight is 421 g/mol. The summed E-state index contributed by atoms with van der Waals surface area (Å²) in [4.78, 5) is 21.8. The van der Waals surface area contributed by atoms with Gasteiger partial charge in [0.05, 0.1) is 17.1 Å². The van der Waals surface area contributed by atoms with Crippen LogP contribution in [0.3, 0.4) is 0 Å². The summed E-state index contributed by atoms with van der Waals surface area (Å²) in [5.74, 6) is -1.29. The van der Waals surface area contributed by atoms with Crippen molar-refractivity contribution in [2.45, 2.75) is 30.7 Å². The largest absolute Gasteiger partial charge is 0.478 e. The lowest BCUT2D eigenvalue weighted by molar-refractivity contribution is -0.384. The third-order valence-electron chi connectivity index (χ3n) is 4.67. The summed E-state index contributed by atoms with van der Waals surface area (Å²) >= 11 is 0. The monoisotopic (exact) mass is 421 g/mol. The molecule has 1 fully saturated rings. The Balaban J connectivity index is 1.99. The van der Waals surface area contributed by atoms with Crippen LogP contribution < -0.4 is 4.74 Å². The van der Waals surface area contributed by atoms with E-state index < -0.39 is 53.9 Å². The first-order valence-corrected chi connectivity index (χ1v) is 8.82. The molecule has 30 heavy (non-hydrogen) atoms. The zero-order valence-electron chi connectivity index (χ0n) is 15.4. The van der Waals surface area contributed by atoms with Gasteiger partial charge in [0, 0.05) is 17.7 Å². The third-order valence-corrected chi connectivity index (χ3v) is 4.67. The smallest absolute Gasteiger partial charge is 0.335 e. The molecule has 0 saturated carbocycles. The zero-order valence-corrected chi connectivity index (χ0v) is 15.4. The molecule has 2 aromatic carbocycles. The summed E-state index contributed by atoms with van der Waals surface area (Å²) in [5.41, 5.74) is -0.308. The molecular weight excluding hydrogens is 402 g/mol. The van der Waals surface area contributed by atoms with Crippen LogP contribution in [0.1, 0.15) is 10.4 Å². The van der Waals surface area contributed by atoms with Crippen molar-refractivity contribution in [1.82, 2.24) is 0 Å². The molecule has 0 bridgehead atoms. The fourth-order valence-corrected chi connectivity index (χ4v) is 3.09. The van der Waals surface area contributed by atoms with Crippen LogP contribution in [0.25, 0.3) is 11.1 Å². The molecule has 5 N–H and O–H groups in total. The van der Waals surface area contributed by atoms with E-state index in [0.29, 0.717) is 0 Å². The van der Waals surface area contributed by atoms with Crippen LogP contribution in [0.4, 0.5) is 5.69 Å². The summed E-state index contributed by atoms with van der Waals surface area (Å²) in [5, 5.41) is 59.7. The van der Waals surface area contributed by atoms with Crippen molar-refractivity contribution in [2.75, 3.05) is 6.61 Å². The van der Waals surface area contributed by atoms with E-state index in [2.05, 4.69) is 0 Å². The van der Waals surface area contributed by atoms with Gasteiger partial charge < -0.3 is 35.0 Å². The second kappa shape index (κ2) is 8.73. The van der Waals surface area contributed by atoms with E-state index in [1.165, 1.54) is 24.3 Å². The molecule has 0 amide bonds. The summed E-state index contributed by atoms with van der Waals surface area (Å²) < 4.78 is 10.9. The van der Waals surface area contributed by atoms with E-state index in [1.54, 1.807) is 12.1 Å². The van der Waals surface area contributed by atoms with Gasteiger partial charge in [-0.3, -0.25) is 10.1 Å². The van der Waals surface area contributed by atoms with Gasteiger partial charge >= 0.3 is 5.97 Å². The van der Waals surface area contributed by atoms with Crippen LogP contribution in [-0.2, 0) is 4.74 Å². The molecule has 1 heterocycles. The summed E-state index contributed by atoms with van der Waals surface area (Å²) in [6.45, 7) is -0.640. The molecule has 1 saturated heterocycles. The minimum absolute atomic E-state index is 0.0682. The topological polar surface area (TPSA) is 180 Å². The number of non-ortho nitro benzene ring substituents is 1. The van der Waals surface area contributed by atoms with Crippen LogP contribution in [0.15, 0.2) is 42.5 Å². The molecule has 2 unspecified atom stereocenters. The Morgan fingerprint density at radius 2 is 1.80 bits per heavy atom. The lowest BCUT2D eigenvalue weighted by Crippen LogP contribution is -2.60. The van der Waals surface area contributed by atoms with Gasteiger partial charge in [0.15, 0.2) is 0 Å². The maximum absolute atomic E-state index is 11.4. The molecule has 0 aromatic heterocycles. The lowest BCUT2D eigenvalue weighted by Gasteiger charge is -2.39. The van der Waals surface area contributed by atoms with Crippen molar-refractivity contribution in [3.63, 3.8) is 0 Å². The SMILES string of the molecule is O=C(O)c1cc(-c2ccccc2O[C@@H]2OC(CO)[C@H](O)[C@H](O)C2O)cc([N+](=O)[O-])c1. The Kier molecular flexibility index (Phi) is 6.29. The molecule has 0 aliphatic carbocycles. The molecule has 3 rings (SSSR count). The number of aromatic carboxylic acids is 1. The quantitative estimate of drug-likeness (QED) is 0.318.